The summed E-state index contributed by atoms with van der Waals surface area (Å²) in [6.45, 7) is 3.98. The van der Waals surface area contributed by atoms with Gasteiger partial charge < -0.3 is 14.6 Å². The van der Waals surface area contributed by atoms with Crippen LogP contribution in [-0.4, -0.2) is 47.8 Å². The standard InChI is InChI=1S/C22H20N2O5S/c1-4-10-24-20(25)19(12-14-8-9-17(28-2)13-18(14)29-3)30-22(24)23-16-7-5-6-15(11-16)21(26)27/h4-9,11-13H,1,10H2,2-3H3,(H,26,27)/b19-12-,23-22?. The molecule has 0 atom stereocenters. The Labute approximate surface area is 178 Å². The molecule has 0 aromatic heterocycles. The Morgan fingerprint density at radius 1 is 1.23 bits per heavy atom. The number of amidine groups is 1. The number of benzene rings is 2. The van der Waals surface area contributed by atoms with Crippen LogP contribution in [0.15, 0.2) is 65.0 Å². The number of aromatic carboxylic acids is 1. The first kappa shape index (κ1) is 21.2. The third kappa shape index (κ3) is 4.55. The molecule has 0 unspecified atom stereocenters. The summed E-state index contributed by atoms with van der Waals surface area (Å²) in [6.07, 6.45) is 3.34. The smallest absolute Gasteiger partial charge is 0.335 e. The van der Waals surface area contributed by atoms with Crippen molar-refractivity contribution in [2.24, 2.45) is 4.99 Å². The predicted octanol–water partition coefficient (Wildman–Crippen LogP) is 4.19. The Kier molecular flexibility index (Phi) is 6.58. The molecule has 3 rings (SSSR count). The Morgan fingerprint density at radius 2 is 2.03 bits per heavy atom. The zero-order chi connectivity index (χ0) is 21.7. The van der Waals surface area contributed by atoms with E-state index in [2.05, 4.69) is 11.6 Å². The molecular weight excluding hydrogens is 404 g/mol. The summed E-state index contributed by atoms with van der Waals surface area (Å²) in [7, 11) is 3.12. The number of rotatable bonds is 7. The van der Waals surface area contributed by atoms with E-state index in [0.717, 1.165) is 5.56 Å². The number of aliphatic imine (C=N–C) groups is 1. The number of carbonyl (C=O) groups excluding carboxylic acids is 1. The number of carboxylic acids is 1. The van der Waals surface area contributed by atoms with E-state index in [1.165, 1.54) is 28.8 Å². The van der Waals surface area contributed by atoms with Crippen molar-refractivity contribution in [3.8, 4) is 11.5 Å². The Balaban J connectivity index is 1.99. The molecule has 0 radical (unpaired) electrons. The van der Waals surface area contributed by atoms with Gasteiger partial charge in [-0.15, -0.1) is 6.58 Å². The molecule has 1 aliphatic heterocycles. The third-order valence-corrected chi connectivity index (χ3v) is 5.25. The fraction of sp³-hybridized carbons (Fsp3) is 0.136. The Hall–Kier alpha value is -3.52. The summed E-state index contributed by atoms with van der Waals surface area (Å²) in [5, 5.41) is 9.63. The van der Waals surface area contributed by atoms with Crippen LogP contribution in [0.25, 0.3) is 6.08 Å². The molecule has 8 heteroatoms. The quantitative estimate of drug-likeness (QED) is 0.530. The minimum Gasteiger partial charge on any atom is -0.497 e. The molecule has 154 valence electrons. The third-order valence-electron chi connectivity index (χ3n) is 4.24. The molecule has 0 aliphatic carbocycles. The number of amides is 1. The monoisotopic (exact) mass is 424 g/mol. The lowest BCUT2D eigenvalue weighted by Crippen LogP contribution is -2.29. The first-order chi connectivity index (χ1) is 14.5. The van der Waals surface area contributed by atoms with Crippen molar-refractivity contribution in [1.29, 1.82) is 0 Å². The van der Waals surface area contributed by atoms with E-state index in [4.69, 9.17) is 9.47 Å². The van der Waals surface area contributed by atoms with Crippen LogP contribution in [-0.2, 0) is 4.79 Å². The number of nitrogens with zero attached hydrogens (tertiary/aromatic N) is 2. The molecule has 1 heterocycles. The van der Waals surface area contributed by atoms with Gasteiger partial charge >= 0.3 is 5.97 Å². The highest BCUT2D eigenvalue weighted by Crippen LogP contribution is 2.36. The van der Waals surface area contributed by atoms with Gasteiger partial charge in [-0.05, 0) is 48.2 Å². The maximum Gasteiger partial charge on any atom is 0.335 e. The van der Waals surface area contributed by atoms with Gasteiger partial charge in [-0.3, -0.25) is 9.69 Å². The lowest BCUT2D eigenvalue weighted by atomic mass is 10.1. The van der Waals surface area contributed by atoms with Crippen molar-refractivity contribution < 1.29 is 24.2 Å². The summed E-state index contributed by atoms with van der Waals surface area (Å²) in [5.41, 5.74) is 1.30. The van der Waals surface area contributed by atoms with Crippen molar-refractivity contribution >= 4 is 40.6 Å². The molecule has 0 bridgehead atoms. The topological polar surface area (TPSA) is 88.4 Å². The van der Waals surface area contributed by atoms with E-state index in [-0.39, 0.29) is 18.0 Å². The molecule has 7 nitrogen and oxygen atoms in total. The molecule has 1 amide bonds. The lowest BCUT2D eigenvalue weighted by molar-refractivity contribution is -0.121. The van der Waals surface area contributed by atoms with Gasteiger partial charge in [-0.1, -0.05) is 12.1 Å². The maximum atomic E-state index is 12.9. The van der Waals surface area contributed by atoms with E-state index in [0.29, 0.717) is 27.3 Å². The fourth-order valence-electron chi connectivity index (χ4n) is 2.78. The van der Waals surface area contributed by atoms with Gasteiger partial charge in [-0.2, -0.15) is 0 Å². The number of carbonyl (C=O) groups is 2. The SMILES string of the molecule is C=CCN1C(=O)/C(=C/c2ccc(OC)cc2OC)SC1=Nc1cccc(C(=O)O)c1. The average Bonchev–Trinajstić information content (AvgIpc) is 3.03. The molecule has 1 aliphatic rings. The fourth-order valence-corrected chi connectivity index (χ4v) is 3.78. The van der Waals surface area contributed by atoms with Gasteiger partial charge in [0.25, 0.3) is 5.91 Å². The molecule has 1 N–H and O–H groups in total. The second kappa shape index (κ2) is 9.32. The van der Waals surface area contributed by atoms with Gasteiger partial charge in [0, 0.05) is 18.2 Å². The van der Waals surface area contributed by atoms with Crippen molar-refractivity contribution in [2.75, 3.05) is 20.8 Å². The molecular formula is C22H20N2O5S. The van der Waals surface area contributed by atoms with E-state index in [1.54, 1.807) is 50.6 Å². The minimum absolute atomic E-state index is 0.125. The van der Waals surface area contributed by atoms with Crippen LogP contribution >= 0.6 is 11.8 Å². The minimum atomic E-state index is -1.04. The second-order valence-electron chi connectivity index (χ2n) is 6.17. The van der Waals surface area contributed by atoms with Crippen LogP contribution in [0.4, 0.5) is 5.69 Å². The number of ether oxygens (including phenoxy) is 2. The molecule has 2 aromatic carbocycles. The van der Waals surface area contributed by atoms with Crippen LogP contribution in [0.2, 0.25) is 0 Å². The number of thioether (sulfide) groups is 1. The molecule has 1 fully saturated rings. The van der Waals surface area contributed by atoms with Gasteiger partial charge in [0.15, 0.2) is 5.17 Å². The lowest BCUT2D eigenvalue weighted by Gasteiger charge is -2.12. The van der Waals surface area contributed by atoms with Crippen molar-refractivity contribution in [3.63, 3.8) is 0 Å². The second-order valence-corrected chi connectivity index (χ2v) is 7.18. The summed E-state index contributed by atoms with van der Waals surface area (Å²) in [6, 6.07) is 11.6. The highest BCUT2D eigenvalue weighted by Gasteiger charge is 2.32. The summed E-state index contributed by atoms with van der Waals surface area (Å²) < 4.78 is 10.6. The van der Waals surface area contributed by atoms with Crippen LogP contribution in [0, 0.1) is 0 Å². The van der Waals surface area contributed by atoms with Gasteiger partial charge in [0.1, 0.15) is 11.5 Å². The van der Waals surface area contributed by atoms with E-state index >= 15 is 0 Å². The highest BCUT2D eigenvalue weighted by molar-refractivity contribution is 8.18. The zero-order valence-electron chi connectivity index (χ0n) is 16.5. The molecule has 1 saturated heterocycles. The normalized spacial score (nSPS) is 16.2. The van der Waals surface area contributed by atoms with E-state index < -0.39 is 5.97 Å². The van der Waals surface area contributed by atoms with E-state index in [1.807, 2.05) is 6.07 Å². The highest BCUT2D eigenvalue weighted by atomic mass is 32.2. The Morgan fingerprint density at radius 3 is 2.70 bits per heavy atom. The summed E-state index contributed by atoms with van der Waals surface area (Å²) in [4.78, 5) is 30.6. The van der Waals surface area contributed by atoms with E-state index in [9.17, 15) is 14.7 Å². The molecule has 2 aromatic rings. The molecule has 0 saturated carbocycles. The maximum absolute atomic E-state index is 12.9. The van der Waals surface area contributed by atoms with Crippen LogP contribution in [0.3, 0.4) is 0 Å². The van der Waals surface area contributed by atoms with Crippen molar-refractivity contribution in [1.82, 2.24) is 4.90 Å². The van der Waals surface area contributed by atoms with Gasteiger partial charge in [0.2, 0.25) is 0 Å². The van der Waals surface area contributed by atoms with Crippen molar-refractivity contribution in [3.05, 3.63) is 71.2 Å². The van der Waals surface area contributed by atoms with Gasteiger partial charge in [0.05, 0.1) is 30.4 Å². The first-order valence-electron chi connectivity index (χ1n) is 8.93. The molecule has 0 spiro atoms. The zero-order valence-corrected chi connectivity index (χ0v) is 17.3. The number of methoxy groups -OCH3 is 2. The number of hydrogen-bond donors (Lipinski definition) is 1. The number of hydrogen-bond acceptors (Lipinski definition) is 6. The summed E-state index contributed by atoms with van der Waals surface area (Å²) in [5.74, 6) is -0.0356. The summed E-state index contributed by atoms with van der Waals surface area (Å²) >= 11 is 1.21. The van der Waals surface area contributed by atoms with Crippen LogP contribution < -0.4 is 9.47 Å². The van der Waals surface area contributed by atoms with Crippen molar-refractivity contribution in [2.45, 2.75) is 0 Å². The largest absolute Gasteiger partial charge is 0.497 e. The predicted molar refractivity (Wildman–Crippen MR) is 118 cm³/mol. The molecule has 30 heavy (non-hydrogen) atoms. The van der Waals surface area contributed by atoms with Gasteiger partial charge in [-0.25, -0.2) is 9.79 Å². The average molecular weight is 424 g/mol. The van der Waals surface area contributed by atoms with Crippen LogP contribution in [0.1, 0.15) is 15.9 Å². The van der Waals surface area contributed by atoms with Crippen LogP contribution in [0.5, 0.6) is 11.5 Å². The first-order valence-corrected chi connectivity index (χ1v) is 9.75. The Bertz CT molecular complexity index is 1060. The number of carboxylic acid groups (broad SMARTS) is 1.